The molecule has 24 heavy (non-hydrogen) atoms. The van der Waals surface area contributed by atoms with Gasteiger partial charge < -0.3 is 15.0 Å². The van der Waals surface area contributed by atoms with Gasteiger partial charge in [0.15, 0.2) is 5.65 Å². The van der Waals surface area contributed by atoms with Gasteiger partial charge in [0.25, 0.3) is 0 Å². The van der Waals surface area contributed by atoms with Gasteiger partial charge in [0.1, 0.15) is 0 Å². The molecule has 1 unspecified atom stereocenters. The van der Waals surface area contributed by atoms with E-state index in [9.17, 15) is 0 Å². The Morgan fingerprint density at radius 1 is 1.17 bits per heavy atom. The van der Waals surface area contributed by atoms with Gasteiger partial charge in [0.05, 0.1) is 12.7 Å². The van der Waals surface area contributed by atoms with Crippen molar-refractivity contribution in [3.63, 3.8) is 0 Å². The summed E-state index contributed by atoms with van der Waals surface area (Å²) in [5.74, 6) is 0.550. The Kier molecular flexibility index (Phi) is 3.96. The molecule has 1 aliphatic rings. The van der Waals surface area contributed by atoms with Crippen LogP contribution in [-0.2, 0) is 4.74 Å². The number of morpholine rings is 1. The Morgan fingerprint density at radius 3 is 2.88 bits per heavy atom. The third-order valence-corrected chi connectivity index (χ3v) is 4.08. The molecule has 3 aromatic rings. The highest BCUT2D eigenvalue weighted by molar-refractivity contribution is 5.74. The highest BCUT2D eigenvalue weighted by atomic mass is 16.5. The van der Waals surface area contributed by atoms with Crippen LogP contribution >= 0.6 is 0 Å². The van der Waals surface area contributed by atoms with Crippen molar-refractivity contribution < 1.29 is 4.74 Å². The second-order valence-electron chi connectivity index (χ2n) is 5.91. The molecule has 1 aromatic carbocycles. The molecule has 1 aliphatic heterocycles. The number of nitrogens with zero attached hydrogens (tertiary/aromatic N) is 4. The van der Waals surface area contributed by atoms with Gasteiger partial charge in [-0.05, 0) is 43.3 Å². The lowest BCUT2D eigenvalue weighted by atomic mass is 10.2. The molecule has 3 heterocycles. The van der Waals surface area contributed by atoms with Gasteiger partial charge in [-0.25, -0.2) is 9.97 Å². The van der Waals surface area contributed by atoms with Crippen molar-refractivity contribution in [3.8, 4) is 0 Å². The zero-order valence-electron chi connectivity index (χ0n) is 13.5. The van der Waals surface area contributed by atoms with Crippen LogP contribution in [-0.4, -0.2) is 40.8 Å². The van der Waals surface area contributed by atoms with Crippen molar-refractivity contribution in [2.75, 3.05) is 29.9 Å². The molecular formula is C18H19N5O. The van der Waals surface area contributed by atoms with E-state index in [0.717, 1.165) is 30.8 Å². The number of aromatic nitrogens is 3. The second-order valence-corrected chi connectivity index (χ2v) is 5.91. The minimum absolute atomic E-state index is 0.273. The lowest BCUT2D eigenvalue weighted by Gasteiger charge is -2.33. The molecular weight excluding hydrogens is 302 g/mol. The topological polar surface area (TPSA) is 63.2 Å². The fourth-order valence-corrected chi connectivity index (χ4v) is 2.86. The van der Waals surface area contributed by atoms with Crippen molar-refractivity contribution in [2.45, 2.75) is 13.0 Å². The summed E-state index contributed by atoms with van der Waals surface area (Å²) in [5.41, 5.74) is 2.85. The predicted molar refractivity (Wildman–Crippen MR) is 94.7 cm³/mol. The number of rotatable bonds is 3. The maximum absolute atomic E-state index is 5.59. The fourth-order valence-electron chi connectivity index (χ4n) is 2.86. The molecule has 1 fully saturated rings. The highest BCUT2D eigenvalue weighted by Gasteiger charge is 2.16. The van der Waals surface area contributed by atoms with E-state index in [0.29, 0.717) is 11.6 Å². The van der Waals surface area contributed by atoms with E-state index in [1.807, 2.05) is 24.3 Å². The molecule has 0 saturated carbocycles. The smallest absolute Gasteiger partial charge is 0.229 e. The summed E-state index contributed by atoms with van der Waals surface area (Å²) >= 11 is 0. The Balaban J connectivity index is 1.50. The summed E-state index contributed by atoms with van der Waals surface area (Å²) in [6.07, 6.45) is 3.79. The van der Waals surface area contributed by atoms with Crippen molar-refractivity contribution in [3.05, 3.63) is 48.8 Å². The summed E-state index contributed by atoms with van der Waals surface area (Å²) in [6, 6.07) is 12.1. The minimum Gasteiger partial charge on any atom is -0.375 e. The Morgan fingerprint density at radius 2 is 2.04 bits per heavy atom. The van der Waals surface area contributed by atoms with E-state index in [2.05, 4.69) is 44.2 Å². The van der Waals surface area contributed by atoms with Crippen LogP contribution in [0.1, 0.15) is 6.92 Å². The van der Waals surface area contributed by atoms with Crippen LogP contribution in [0.25, 0.3) is 11.0 Å². The van der Waals surface area contributed by atoms with Crippen LogP contribution in [0.5, 0.6) is 0 Å². The van der Waals surface area contributed by atoms with E-state index >= 15 is 0 Å². The zero-order chi connectivity index (χ0) is 16.4. The SMILES string of the molecule is CC1CN(c2ccc(Nc3ncc4cccnc4n3)cc2)CCO1. The number of hydrogen-bond acceptors (Lipinski definition) is 6. The number of pyridine rings is 1. The molecule has 1 N–H and O–H groups in total. The molecule has 0 aliphatic carbocycles. The molecule has 6 heteroatoms. The summed E-state index contributed by atoms with van der Waals surface area (Å²) in [5, 5.41) is 4.16. The van der Waals surface area contributed by atoms with E-state index in [4.69, 9.17) is 4.74 Å². The van der Waals surface area contributed by atoms with Crippen molar-refractivity contribution in [1.29, 1.82) is 0 Å². The maximum Gasteiger partial charge on any atom is 0.229 e. The van der Waals surface area contributed by atoms with Crippen molar-refractivity contribution in [1.82, 2.24) is 15.0 Å². The summed E-state index contributed by atoms with van der Waals surface area (Å²) < 4.78 is 5.59. The molecule has 1 saturated heterocycles. The van der Waals surface area contributed by atoms with Crippen LogP contribution in [0.3, 0.4) is 0 Å². The van der Waals surface area contributed by atoms with Gasteiger partial charge in [-0.3, -0.25) is 0 Å². The van der Waals surface area contributed by atoms with E-state index < -0.39 is 0 Å². The third kappa shape index (κ3) is 3.14. The van der Waals surface area contributed by atoms with Gasteiger partial charge in [0.2, 0.25) is 5.95 Å². The Labute approximate surface area is 140 Å². The van der Waals surface area contributed by atoms with Crippen LogP contribution < -0.4 is 10.2 Å². The maximum atomic E-state index is 5.59. The largest absolute Gasteiger partial charge is 0.375 e. The monoisotopic (exact) mass is 321 g/mol. The number of nitrogens with one attached hydrogen (secondary N) is 1. The quantitative estimate of drug-likeness (QED) is 0.800. The second kappa shape index (κ2) is 6.41. The fraction of sp³-hybridized carbons (Fsp3) is 0.278. The van der Waals surface area contributed by atoms with Gasteiger partial charge in [-0.2, -0.15) is 4.98 Å². The lowest BCUT2D eigenvalue weighted by molar-refractivity contribution is 0.0532. The van der Waals surface area contributed by atoms with Gasteiger partial charge >= 0.3 is 0 Å². The first-order valence-electron chi connectivity index (χ1n) is 8.09. The lowest BCUT2D eigenvalue weighted by Crippen LogP contribution is -2.41. The number of anilines is 3. The first-order valence-corrected chi connectivity index (χ1v) is 8.09. The van der Waals surface area contributed by atoms with E-state index in [1.54, 1.807) is 12.4 Å². The van der Waals surface area contributed by atoms with Gasteiger partial charge in [-0.15, -0.1) is 0 Å². The summed E-state index contributed by atoms with van der Waals surface area (Å²) in [4.78, 5) is 15.4. The zero-order valence-corrected chi connectivity index (χ0v) is 13.5. The average molecular weight is 321 g/mol. The predicted octanol–water partition coefficient (Wildman–Crippen LogP) is 2.99. The van der Waals surface area contributed by atoms with Gasteiger partial charge in [-0.1, -0.05) is 0 Å². The summed E-state index contributed by atoms with van der Waals surface area (Å²) in [6.45, 7) is 4.73. The molecule has 122 valence electrons. The molecule has 4 rings (SSSR count). The number of hydrogen-bond donors (Lipinski definition) is 1. The average Bonchev–Trinajstić information content (AvgIpc) is 2.62. The van der Waals surface area contributed by atoms with Gasteiger partial charge in [0, 0.05) is 42.2 Å². The van der Waals surface area contributed by atoms with Crippen LogP contribution in [0, 0.1) is 0 Å². The molecule has 0 spiro atoms. The molecule has 0 amide bonds. The highest BCUT2D eigenvalue weighted by Crippen LogP contribution is 2.22. The van der Waals surface area contributed by atoms with E-state index in [-0.39, 0.29) is 6.10 Å². The third-order valence-electron chi connectivity index (χ3n) is 4.08. The van der Waals surface area contributed by atoms with Crippen LogP contribution in [0.15, 0.2) is 48.8 Å². The standard InChI is InChI=1S/C18H19N5O/c1-13-12-23(9-10-24-13)16-6-4-15(5-7-16)21-18-20-11-14-3-2-8-19-17(14)22-18/h2-8,11,13H,9-10,12H2,1H3,(H,19,20,21,22). The first-order chi connectivity index (χ1) is 11.8. The van der Waals surface area contributed by atoms with Crippen LogP contribution in [0.2, 0.25) is 0 Å². The minimum atomic E-state index is 0.273. The molecule has 1 atom stereocenters. The normalized spacial score (nSPS) is 17.9. The number of ether oxygens (including phenoxy) is 1. The van der Waals surface area contributed by atoms with Crippen molar-refractivity contribution in [2.24, 2.45) is 0 Å². The molecule has 6 nitrogen and oxygen atoms in total. The molecule has 2 aromatic heterocycles. The number of fused-ring (bicyclic) bond motifs is 1. The van der Waals surface area contributed by atoms with Crippen molar-refractivity contribution >= 4 is 28.4 Å². The molecule has 0 radical (unpaired) electrons. The Bertz CT molecular complexity index is 836. The van der Waals surface area contributed by atoms with E-state index in [1.165, 1.54) is 5.69 Å². The Hall–Kier alpha value is -2.73. The molecule has 0 bridgehead atoms. The van der Waals surface area contributed by atoms with Crippen LogP contribution in [0.4, 0.5) is 17.3 Å². The number of benzene rings is 1. The summed E-state index contributed by atoms with van der Waals surface area (Å²) in [7, 11) is 0. The first kappa shape index (κ1) is 14.8.